The highest BCUT2D eigenvalue weighted by atomic mass is 15.2. The fourth-order valence-corrected chi connectivity index (χ4v) is 15.8. The van der Waals surface area contributed by atoms with Crippen LogP contribution < -0.4 is 4.90 Å². The van der Waals surface area contributed by atoms with Crippen LogP contribution in [0.25, 0.3) is 106 Å². The van der Waals surface area contributed by atoms with Crippen LogP contribution in [0.15, 0.2) is 273 Å². The number of rotatable bonds is 6. The van der Waals surface area contributed by atoms with Crippen LogP contribution >= 0.6 is 0 Å². The van der Waals surface area contributed by atoms with Gasteiger partial charge in [0, 0.05) is 44.0 Å². The van der Waals surface area contributed by atoms with E-state index in [0.717, 1.165) is 49.7 Å². The van der Waals surface area contributed by atoms with Gasteiger partial charge in [0.15, 0.2) is 11.6 Å². The topological polar surface area (TPSA) is 46.8 Å². The molecule has 87 heavy (non-hydrogen) atoms. The molecule has 0 bridgehead atoms. The monoisotopic (exact) mass is 1110 g/mol. The minimum atomic E-state index is -0.547. The van der Waals surface area contributed by atoms with E-state index in [1.165, 1.54) is 100 Å². The molecule has 410 valence electrons. The van der Waals surface area contributed by atoms with Crippen LogP contribution in [-0.4, -0.2) is 19.5 Å². The summed E-state index contributed by atoms with van der Waals surface area (Å²) >= 11 is 0. The van der Waals surface area contributed by atoms with E-state index in [-0.39, 0.29) is 10.8 Å². The average Bonchev–Trinajstić information content (AvgIpc) is 1.52. The summed E-state index contributed by atoms with van der Waals surface area (Å²) in [4.78, 5) is 18.8. The molecule has 0 unspecified atom stereocenters. The van der Waals surface area contributed by atoms with Gasteiger partial charge in [-0.3, -0.25) is 4.57 Å². The van der Waals surface area contributed by atoms with Gasteiger partial charge in [0.1, 0.15) is 0 Å². The first-order valence-electron chi connectivity index (χ1n) is 30.3. The highest BCUT2D eigenvalue weighted by molar-refractivity contribution is 6.17. The third-order valence-corrected chi connectivity index (χ3v) is 19.9. The Hall–Kier alpha value is -10.8. The summed E-state index contributed by atoms with van der Waals surface area (Å²) in [5, 5.41) is 2.26. The first-order chi connectivity index (χ1) is 42.7. The molecule has 3 aliphatic carbocycles. The van der Waals surface area contributed by atoms with Crippen molar-refractivity contribution in [2.24, 2.45) is 0 Å². The number of aromatic nitrogens is 4. The number of benzene rings is 12. The normalized spacial score (nSPS) is 14.7. The van der Waals surface area contributed by atoms with Crippen LogP contribution in [0.2, 0.25) is 0 Å². The van der Waals surface area contributed by atoms with Crippen LogP contribution in [0.1, 0.15) is 72.2 Å². The molecule has 14 aromatic rings. The SMILES string of the molecule is CC1(C)c2ccccc2-c2ccc(N3c4ccc(-c5ccccc5)cc4C(C)(C)c4cc(-c5ccc6c(c5)c5ccc7c(c5n6-c5nc(-c6ccccc6)nc(-c6ccccc6)n5)-c5ccccc5C75c6ccccc6-c6ccccc65)ccc43)cc21. The zero-order valence-corrected chi connectivity index (χ0v) is 48.7. The molecule has 0 N–H and O–H groups in total. The fraction of sp³-hybridized carbons (Fsp3) is 0.0854. The van der Waals surface area contributed by atoms with Gasteiger partial charge in [0.05, 0.1) is 27.8 Å². The molecule has 18 rings (SSSR count). The first-order valence-corrected chi connectivity index (χ1v) is 30.3. The van der Waals surface area contributed by atoms with Gasteiger partial charge < -0.3 is 4.90 Å². The average molecular weight is 1110 g/mol. The summed E-state index contributed by atoms with van der Waals surface area (Å²) in [6, 6.07) is 101. The van der Waals surface area contributed by atoms with Crippen molar-refractivity contribution in [3.63, 3.8) is 0 Å². The van der Waals surface area contributed by atoms with Gasteiger partial charge in [-0.25, -0.2) is 4.98 Å². The maximum absolute atomic E-state index is 5.51. The van der Waals surface area contributed by atoms with E-state index < -0.39 is 5.41 Å². The van der Waals surface area contributed by atoms with Gasteiger partial charge in [-0.2, -0.15) is 9.97 Å². The Bertz CT molecular complexity index is 5120. The van der Waals surface area contributed by atoms with Crippen molar-refractivity contribution in [1.29, 1.82) is 0 Å². The molecule has 12 aromatic carbocycles. The summed E-state index contributed by atoms with van der Waals surface area (Å²) in [6.07, 6.45) is 0. The van der Waals surface area contributed by atoms with E-state index in [1.807, 2.05) is 12.1 Å². The molecule has 1 aliphatic heterocycles. The van der Waals surface area contributed by atoms with Crippen LogP contribution in [0.5, 0.6) is 0 Å². The molecule has 5 heteroatoms. The predicted molar refractivity (Wildman–Crippen MR) is 357 cm³/mol. The fourth-order valence-electron chi connectivity index (χ4n) is 15.8. The number of hydrogen-bond acceptors (Lipinski definition) is 4. The van der Waals surface area contributed by atoms with Gasteiger partial charge in [-0.15, -0.1) is 0 Å². The summed E-state index contributed by atoms with van der Waals surface area (Å²) in [6.45, 7) is 9.57. The van der Waals surface area contributed by atoms with E-state index >= 15 is 0 Å². The third kappa shape index (κ3) is 6.88. The molecule has 0 atom stereocenters. The predicted octanol–water partition coefficient (Wildman–Crippen LogP) is 20.4. The van der Waals surface area contributed by atoms with Crippen molar-refractivity contribution >= 4 is 38.9 Å². The Morgan fingerprint density at radius 3 is 1.36 bits per heavy atom. The molecule has 0 amide bonds. The van der Waals surface area contributed by atoms with Gasteiger partial charge in [0.2, 0.25) is 5.95 Å². The Morgan fingerprint density at radius 1 is 0.299 bits per heavy atom. The van der Waals surface area contributed by atoms with Crippen molar-refractivity contribution in [3.05, 3.63) is 317 Å². The van der Waals surface area contributed by atoms with Gasteiger partial charge >= 0.3 is 0 Å². The van der Waals surface area contributed by atoms with Crippen molar-refractivity contribution in [2.75, 3.05) is 4.90 Å². The minimum Gasteiger partial charge on any atom is -0.310 e. The Kier molecular flexibility index (Phi) is 10.4. The Balaban J connectivity index is 0.879. The molecule has 0 saturated carbocycles. The number of fused-ring (bicyclic) bond motifs is 19. The van der Waals surface area contributed by atoms with Crippen LogP contribution in [0.4, 0.5) is 17.1 Å². The van der Waals surface area contributed by atoms with Crippen molar-refractivity contribution in [3.8, 4) is 84.4 Å². The molecule has 1 spiro atoms. The summed E-state index contributed by atoms with van der Waals surface area (Å²) < 4.78 is 2.35. The molecule has 0 radical (unpaired) electrons. The van der Waals surface area contributed by atoms with Crippen LogP contribution in [0.3, 0.4) is 0 Å². The number of nitrogens with zero attached hydrogens (tertiary/aromatic N) is 5. The Labute approximate surface area is 506 Å². The van der Waals surface area contributed by atoms with Gasteiger partial charge in [-0.1, -0.05) is 252 Å². The van der Waals surface area contributed by atoms with Crippen molar-refractivity contribution in [2.45, 2.75) is 43.9 Å². The molecule has 3 heterocycles. The highest BCUT2D eigenvalue weighted by Crippen LogP contribution is 2.64. The molecular formula is C82H57N5. The zero-order chi connectivity index (χ0) is 57.9. The lowest BCUT2D eigenvalue weighted by Gasteiger charge is -2.43. The van der Waals surface area contributed by atoms with E-state index in [4.69, 9.17) is 15.0 Å². The van der Waals surface area contributed by atoms with Gasteiger partial charge in [0.25, 0.3) is 0 Å². The van der Waals surface area contributed by atoms with Crippen molar-refractivity contribution < 1.29 is 0 Å². The maximum Gasteiger partial charge on any atom is 0.238 e. The Morgan fingerprint density at radius 2 is 0.759 bits per heavy atom. The first kappa shape index (κ1) is 49.7. The lowest BCUT2D eigenvalue weighted by Crippen LogP contribution is -2.31. The second-order valence-electron chi connectivity index (χ2n) is 25.0. The third-order valence-electron chi connectivity index (χ3n) is 19.9. The van der Waals surface area contributed by atoms with E-state index in [1.54, 1.807) is 0 Å². The highest BCUT2D eigenvalue weighted by Gasteiger charge is 2.52. The minimum absolute atomic E-state index is 0.151. The van der Waals surface area contributed by atoms with E-state index in [2.05, 4.69) is 298 Å². The molecule has 0 saturated heterocycles. The standard InChI is InChI=1S/C82H57N5/c1-80(2)64-32-18-14-28-57(64)60-40-39-56(49-69(60)80)86-73-44-37-54(50-22-8-5-9-23-50)47-70(73)81(3,4)71-48-55(38-45-74(71)86)53-36-43-72-63(46-53)61-41-42-68-75(62-31-17-21-35-67(62)82(68)65-33-19-15-29-58(65)59-30-16-20-34-66(59)82)76(61)87(72)79-84-77(51-24-10-6-11-25-51)83-78(85-79)52-26-12-7-13-27-52/h5-49H,1-4H3. The smallest absolute Gasteiger partial charge is 0.238 e. The summed E-state index contributed by atoms with van der Waals surface area (Å²) in [7, 11) is 0. The molecule has 0 fully saturated rings. The zero-order valence-electron chi connectivity index (χ0n) is 48.7. The molecule has 2 aromatic heterocycles. The van der Waals surface area contributed by atoms with Crippen LogP contribution in [-0.2, 0) is 16.2 Å². The lowest BCUT2D eigenvalue weighted by molar-refractivity contribution is 0.632. The van der Waals surface area contributed by atoms with E-state index in [9.17, 15) is 0 Å². The quantitative estimate of drug-likeness (QED) is 0.166. The second kappa shape index (κ2) is 18.1. The van der Waals surface area contributed by atoms with E-state index in [0.29, 0.717) is 17.6 Å². The lowest BCUT2D eigenvalue weighted by atomic mass is 9.70. The molecule has 4 aliphatic rings. The molecule has 5 nitrogen and oxygen atoms in total. The van der Waals surface area contributed by atoms with Gasteiger partial charge in [-0.05, 0) is 143 Å². The number of anilines is 3. The number of hydrogen-bond donors (Lipinski definition) is 0. The van der Waals surface area contributed by atoms with Crippen molar-refractivity contribution in [1.82, 2.24) is 19.5 Å². The van der Waals surface area contributed by atoms with Crippen LogP contribution in [0, 0.1) is 0 Å². The second-order valence-corrected chi connectivity index (χ2v) is 25.0. The summed E-state index contributed by atoms with van der Waals surface area (Å²) in [5.41, 5.74) is 29.1. The largest absolute Gasteiger partial charge is 0.310 e. The summed E-state index contributed by atoms with van der Waals surface area (Å²) in [5.74, 6) is 1.80. The molecular weight excluding hydrogens is 1050 g/mol. The maximum atomic E-state index is 5.51.